The molecule has 1 N–H and O–H groups in total. The Labute approximate surface area is 141 Å². The Hall–Kier alpha value is -2.82. The van der Waals surface area contributed by atoms with Crippen molar-refractivity contribution in [2.45, 2.75) is 13.3 Å². The van der Waals surface area contributed by atoms with Gasteiger partial charge in [-0.2, -0.15) is 0 Å². The van der Waals surface area contributed by atoms with Gasteiger partial charge in [-0.1, -0.05) is 18.2 Å². The van der Waals surface area contributed by atoms with Gasteiger partial charge in [-0.3, -0.25) is 9.59 Å². The minimum atomic E-state index is -0.348. The van der Waals surface area contributed by atoms with E-state index in [1.54, 1.807) is 36.3 Å². The molecule has 5 nitrogen and oxygen atoms in total. The molecule has 2 aromatic carbocycles. The maximum absolute atomic E-state index is 12.5. The maximum atomic E-state index is 12.5. The molecule has 1 saturated heterocycles. The van der Waals surface area contributed by atoms with Crippen LogP contribution in [0.3, 0.4) is 0 Å². The van der Waals surface area contributed by atoms with Crippen LogP contribution >= 0.6 is 0 Å². The highest BCUT2D eigenvalue weighted by molar-refractivity contribution is 6.03. The summed E-state index contributed by atoms with van der Waals surface area (Å²) in [5, 5.41) is 2.87. The number of carbonyl (C=O) groups excluding carboxylic acids is 2. The van der Waals surface area contributed by atoms with E-state index < -0.39 is 0 Å². The van der Waals surface area contributed by atoms with Crippen molar-refractivity contribution in [3.05, 3.63) is 54.1 Å². The monoisotopic (exact) mass is 324 g/mol. The standard InChI is InChI=1S/C19H20N2O3/c1-13-5-3-4-6-17(13)21-12-14(11-18(21)22)19(23)20-15-7-9-16(24-2)10-8-15/h3-10,14H,11-12H2,1-2H3,(H,20,23)/t14-/m1/s1. The van der Waals surface area contributed by atoms with E-state index in [2.05, 4.69) is 5.32 Å². The van der Waals surface area contributed by atoms with Gasteiger partial charge in [0.25, 0.3) is 0 Å². The van der Waals surface area contributed by atoms with E-state index in [4.69, 9.17) is 4.74 Å². The molecule has 0 aliphatic carbocycles. The highest BCUT2D eigenvalue weighted by Crippen LogP contribution is 2.28. The highest BCUT2D eigenvalue weighted by Gasteiger charge is 2.35. The number of nitrogens with one attached hydrogen (secondary N) is 1. The summed E-state index contributed by atoms with van der Waals surface area (Å²) in [6.07, 6.45) is 0.232. The molecule has 0 radical (unpaired) electrons. The zero-order valence-electron chi connectivity index (χ0n) is 13.8. The number of nitrogens with zero attached hydrogens (tertiary/aromatic N) is 1. The molecule has 0 saturated carbocycles. The number of aryl methyl sites for hydroxylation is 1. The number of benzene rings is 2. The van der Waals surface area contributed by atoms with Gasteiger partial charge < -0.3 is 15.0 Å². The summed E-state index contributed by atoms with van der Waals surface area (Å²) in [7, 11) is 1.60. The summed E-state index contributed by atoms with van der Waals surface area (Å²) in [4.78, 5) is 26.5. The lowest BCUT2D eigenvalue weighted by Gasteiger charge is -2.19. The second-order valence-electron chi connectivity index (χ2n) is 5.91. The molecule has 0 bridgehead atoms. The second-order valence-corrected chi connectivity index (χ2v) is 5.91. The van der Waals surface area contributed by atoms with Crippen LogP contribution in [0.1, 0.15) is 12.0 Å². The van der Waals surface area contributed by atoms with Crippen LogP contribution in [0.15, 0.2) is 48.5 Å². The molecule has 0 unspecified atom stereocenters. The lowest BCUT2D eigenvalue weighted by molar-refractivity contribution is -0.122. The van der Waals surface area contributed by atoms with Gasteiger partial charge in [-0.15, -0.1) is 0 Å². The van der Waals surface area contributed by atoms with Crippen molar-refractivity contribution in [2.75, 3.05) is 23.9 Å². The fraction of sp³-hybridized carbons (Fsp3) is 0.263. The second kappa shape index (κ2) is 6.74. The number of hydrogen-bond donors (Lipinski definition) is 1. The van der Waals surface area contributed by atoms with Crippen LogP contribution in [0.2, 0.25) is 0 Å². The first-order valence-corrected chi connectivity index (χ1v) is 7.89. The lowest BCUT2D eigenvalue weighted by atomic mass is 10.1. The van der Waals surface area contributed by atoms with Gasteiger partial charge in [0.2, 0.25) is 11.8 Å². The van der Waals surface area contributed by atoms with E-state index in [0.29, 0.717) is 12.2 Å². The average molecular weight is 324 g/mol. The SMILES string of the molecule is COc1ccc(NC(=O)[C@@H]2CC(=O)N(c3ccccc3C)C2)cc1. The van der Waals surface area contributed by atoms with Crippen molar-refractivity contribution in [1.82, 2.24) is 0 Å². The average Bonchev–Trinajstić information content (AvgIpc) is 2.98. The zero-order valence-corrected chi connectivity index (χ0v) is 13.8. The molecular formula is C19H20N2O3. The van der Waals surface area contributed by atoms with Crippen molar-refractivity contribution in [1.29, 1.82) is 0 Å². The molecule has 2 aromatic rings. The predicted octanol–water partition coefficient (Wildman–Crippen LogP) is 3.00. The fourth-order valence-electron chi connectivity index (χ4n) is 2.90. The molecule has 1 atom stereocenters. The molecule has 1 aliphatic rings. The number of ether oxygens (including phenoxy) is 1. The smallest absolute Gasteiger partial charge is 0.229 e. The Morgan fingerprint density at radius 3 is 2.54 bits per heavy atom. The van der Waals surface area contributed by atoms with E-state index in [9.17, 15) is 9.59 Å². The van der Waals surface area contributed by atoms with Gasteiger partial charge in [-0.25, -0.2) is 0 Å². The summed E-state index contributed by atoms with van der Waals surface area (Å²) in [5.74, 6) is 0.234. The van der Waals surface area contributed by atoms with Crippen molar-refractivity contribution in [3.8, 4) is 5.75 Å². The Kier molecular flexibility index (Phi) is 4.51. The third-order valence-corrected chi connectivity index (χ3v) is 4.26. The van der Waals surface area contributed by atoms with Crippen LogP contribution in [0.5, 0.6) is 5.75 Å². The van der Waals surface area contributed by atoms with Crippen LogP contribution in [-0.4, -0.2) is 25.5 Å². The summed E-state index contributed by atoms with van der Waals surface area (Å²) < 4.78 is 5.10. The summed E-state index contributed by atoms with van der Waals surface area (Å²) in [5.41, 5.74) is 2.60. The summed E-state index contributed by atoms with van der Waals surface area (Å²) in [6.45, 7) is 2.37. The van der Waals surface area contributed by atoms with Crippen LogP contribution < -0.4 is 15.0 Å². The topological polar surface area (TPSA) is 58.6 Å². The summed E-state index contributed by atoms with van der Waals surface area (Å²) in [6, 6.07) is 14.9. The lowest BCUT2D eigenvalue weighted by Crippen LogP contribution is -2.28. The number of hydrogen-bond acceptors (Lipinski definition) is 3. The Balaban J connectivity index is 1.68. The Morgan fingerprint density at radius 1 is 1.17 bits per heavy atom. The largest absolute Gasteiger partial charge is 0.497 e. The van der Waals surface area contributed by atoms with E-state index in [-0.39, 0.29) is 24.2 Å². The number of carbonyl (C=O) groups is 2. The van der Waals surface area contributed by atoms with Crippen LogP contribution in [0.4, 0.5) is 11.4 Å². The van der Waals surface area contributed by atoms with Crippen LogP contribution in [0, 0.1) is 12.8 Å². The first-order chi connectivity index (χ1) is 11.6. The third-order valence-electron chi connectivity index (χ3n) is 4.26. The van der Waals surface area contributed by atoms with E-state index in [0.717, 1.165) is 17.0 Å². The molecule has 2 amide bonds. The predicted molar refractivity (Wildman–Crippen MR) is 93.3 cm³/mol. The van der Waals surface area contributed by atoms with Crippen molar-refractivity contribution in [2.24, 2.45) is 5.92 Å². The molecule has 124 valence electrons. The summed E-state index contributed by atoms with van der Waals surface area (Å²) >= 11 is 0. The molecule has 0 spiro atoms. The Bertz CT molecular complexity index is 755. The minimum Gasteiger partial charge on any atom is -0.497 e. The van der Waals surface area contributed by atoms with E-state index in [1.807, 2.05) is 31.2 Å². The molecule has 1 aliphatic heterocycles. The van der Waals surface area contributed by atoms with Gasteiger partial charge in [0, 0.05) is 24.3 Å². The fourth-order valence-corrected chi connectivity index (χ4v) is 2.90. The zero-order chi connectivity index (χ0) is 17.1. The number of para-hydroxylation sites is 1. The minimum absolute atomic E-state index is 0.0146. The van der Waals surface area contributed by atoms with Crippen molar-refractivity contribution < 1.29 is 14.3 Å². The number of anilines is 2. The molecule has 1 fully saturated rings. The quantitative estimate of drug-likeness (QED) is 0.940. The van der Waals surface area contributed by atoms with Crippen molar-refractivity contribution in [3.63, 3.8) is 0 Å². The van der Waals surface area contributed by atoms with Gasteiger partial charge >= 0.3 is 0 Å². The maximum Gasteiger partial charge on any atom is 0.229 e. The number of amides is 2. The molecular weight excluding hydrogens is 304 g/mol. The first-order valence-electron chi connectivity index (χ1n) is 7.89. The molecule has 3 rings (SSSR count). The van der Waals surface area contributed by atoms with Crippen molar-refractivity contribution >= 4 is 23.2 Å². The normalized spacial score (nSPS) is 17.0. The molecule has 0 aromatic heterocycles. The van der Waals surface area contributed by atoms with E-state index in [1.165, 1.54) is 0 Å². The molecule has 1 heterocycles. The van der Waals surface area contributed by atoms with Gasteiger partial charge in [0.1, 0.15) is 5.75 Å². The van der Waals surface area contributed by atoms with E-state index >= 15 is 0 Å². The highest BCUT2D eigenvalue weighted by atomic mass is 16.5. The first kappa shape index (κ1) is 16.1. The number of rotatable bonds is 4. The van der Waals surface area contributed by atoms with Gasteiger partial charge in [0.15, 0.2) is 0 Å². The van der Waals surface area contributed by atoms with Gasteiger partial charge in [-0.05, 0) is 42.8 Å². The molecule has 24 heavy (non-hydrogen) atoms. The molecule has 5 heteroatoms. The van der Waals surface area contributed by atoms with Crippen LogP contribution in [0.25, 0.3) is 0 Å². The van der Waals surface area contributed by atoms with Crippen LogP contribution in [-0.2, 0) is 9.59 Å². The van der Waals surface area contributed by atoms with Gasteiger partial charge in [0.05, 0.1) is 13.0 Å². The Morgan fingerprint density at radius 2 is 1.88 bits per heavy atom. The third kappa shape index (κ3) is 3.25. The number of methoxy groups -OCH3 is 1.